The largest absolute Gasteiger partial charge is 0.588 e. The molecule has 1 atom stereocenters. The Bertz CT molecular complexity index is 1110. The van der Waals surface area contributed by atoms with Crippen LogP contribution in [0.25, 0.3) is 11.0 Å². The van der Waals surface area contributed by atoms with Gasteiger partial charge in [0.05, 0.1) is 12.5 Å². The van der Waals surface area contributed by atoms with Crippen molar-refractivity contribution in [3.05, 3.63) is 59.1 Å². The number of ether oxygens (including phenoxy) is 1. The second kappa shape index (κ2) is 7.63. The summed E-state index contributed by atoms with van der Waals surface area (Å²) in [6, 6.07) is 10.0. The highest BCUT2D eigenvalue weighted by molar-refractivity contribution is 7.90. The predicted octanol–water partition coefficient (Wildman–Crippen LogP) is 5.21. The summed E-state index contributed by atoms with van der Waals surface area (Å²) in [6.07, 6.45) is 2.07. The summed E-state index contributed by atoms with van der Waals surface area (Å²) >= 11 is -1.88. The van der Waals surface area contributed by atoms with Gasteiger partial charge in [-0.15, -0.1) is 0 Å². The SMILES string of the molecule is COc1ccc(C(C)(C)C)cc1[S+]([O-])NC(=O)c1cc2c(F)cc(C3CC3)cc2o1. The first-order valence-electron chi connectivity index (χ1n) is 9.81. The van der Waals surface area contributed by atoms with Crippen molar-refractivity contribution in [3.63, 3.8) is 0 Å². The van der Waals surface area contributed by atoms with E-state index < -0.39 is 23.1 Å². The van der Waals surface area contributed by atoms with Crippen molar-refractivity contribution < 1.29 is 22.9 Å². The van der Waals surface area contributed by atoms with Crippen molar-refractivity contribution in [2.24, 2.45) is 0 Å². The van der Waals surface area contributed by atoms with Gasteiger partial charge in [-0.25, -0.2) is 4.39 Å². The summed E-state index contributed by atoms with van der Waals surface area (Å²) in [5, 5.41) is 0.239. The van der Waals surface area contributed by atoms with Crippen molar-refractivity contribution in [3.8, 4) is 5.75 Å². The van der Waals surface area contributed by atoms with Crippen LogP contribution in [0.1, 0.15) is 61.2 Å². The molecule has 1 aliphatic rings. The lowest BCUT2D eigenvalue weighted by Crippen LogP contribution is -2.31. The molecule has 158 valence electrons. The zero-order chi connectivity index (χ0) is 21.6. The first-order chi connectivity index (χ1) is 14.2. The van der Waals surface area contributed by atoms with Gasteiger partial charge in [0.1, 0.15) is 22.8 Å². The summed E-state index contributed by atoms with van der Waals surface area (Å²) < 4.78 is 40.7. The molecule has 0 saturated heterocycles. The zero-order valence-corrected chi connectivity index (χ0v) is 18.2. The second-order valence-electron chi connectivity index (χ2n) is 8.62. The van der Waals surface area contributed by atoms with Crippen LogP contribution in [0.15, 0.2) is 45.7 Å². The van der Waals surface area contributed by atoms with Crippen LogP contribution in [-0.2, 0) is 16.8 Å². The highest BCUT2D eigenvalue weighted by Gasteiger charge is 2.28. The highest BCUT2D eigenvalue weighted by Crippen LogP contribution is 2.42. The van der Waals surface area contributed by atoms with E-state index in [0.29, 0.717) is 22.1 Å². The molecule has 7 heteroatoms. The van der Waals surface area contributed by atoms with E-state index >= 15 is 0 Å². The molecule has 1 fully saturated rings. The topological polar surface area (TPSA) is 74.5 Å². The molecular weight excluding hydrogens is 405 g/mol. The fourth-order valence-electron chi connectivity index (χ4n) is 3.36. The first-order valence-corrected chi connectivity index (χ1v) is 11.0. The van der Waals surface area contributed by atoms with Crippen molar-refractivity contribution in [1.82, 2.24) is 4.72 Å². The van der Waals surface area contributed by atoms with E-state index in [1.807, 2.05) is 26.8 Å². The number of nitrogens with one attached hydrogen (secondary N) is 1. The number of benzene rings is 2. The molecule has 1 unspecified atom stereocenters. The van der Waals surface area contributed by atoms with Crippen LogP contribution in [0.2, 0.25) is 0 Å². The van der Waals surface area contributed by atoms with E-state index in [1.165, 1.54) is 19.2 Å². The van der Waals surface area contributed by atoms with Crippen molar-refractivity contribution >= 4 is 28.2 Å². The first kappa shape index (κ1) is 20.8. The molecular formula is C23H24FNO4S. The molecule has 1 amide bonds. The maximum Gasteiger partial charge on any atom is 0.328 e. The summed E-state index contributed by atoms with van der Waals surface area (Å²) in [5.41, 5.74) is 2.00. The van der Waals surface area contributed by atoms with Gasteiger partial charge in [-0.1, -0.05) is 26.8 Å². The molecule has 1 saturated carbocycles. The fraction of sp³-hybridized carbons (Fsp3) is 0.348. The van der Waals surface area contributed by atoms with E-state index in [-0.39, 0.29) is 16.6 Å². The molecule has 4 rings (SSSR count). The second-order valence-corrected chi connectivity index (χ2v) is 9.80. The Morgan fingerprint density at radius 1 is 1.23 bits per heavy atom. The van der Waals surface area contributed by atoms with Crippen molar-refractivity contribution in [2.75, 3.05) is 7.11 Å². The third-order valence-corrected chi connectivity index (χ3v) is 6.39. The monoisotopic (exact) mass is 429 g/mol. The molecule has 0 spiro atoms. The van der Waals surface area contributed by atoms with Gasteiger partial charge < -0.3 is 13.7 Å². The Morgan fingerprint density at radius 3 is 2.60 bits per heavy atom. The molecule has 30 heavy (non-hydrogen) atoms. The van der Waals surface area contributed by atoms with Crippen LogP contribution in [0.4, 0.5) is 4.39 Å². The van der Waals surface area contributed by atoms with Gasteiger partial charge in [0.15, 0.2) is 11.5 Å². The number of amides is 1. The molecule has 0 bridgehead atoms. The summed E-state index contributed by atoms with van der Waals surface area (Å²) in [4.78, 5) is 13.0. The van der Waals surface area contributed by atoms with Crippen molar-refractivity contribution in [2.45, 2.75) is 49.8 Å². The van der Waals surface area contributed by atoms with Crippen molar-refractivity contribution in [1.29, 1.82) is 0 Å². The van der Waals surface area contributed by atoms with Gasteiger partial charge >= 0.3 is 5.91 Å². The van der Waals surface area contributed by atoms with Gasteiger partial charge in [-0.05, 0) is 53.5 Å². The molecule has 1 N–H and O–H groups in total. The molecule has 0 aliphatic heterocycles. The summed E-state index contributed by atoms with van der Waals surface area (Å²) in [5.74, 6) is -0.415. The number of carbonyl (C=O) groups excluding carboxylic acids is 1. The molecule has 3 aromatic rings. The van der Waals surface area contributed by atoms with E-state index in [1.54, 1.807) is 18.2 Å². The number of fused-ring (bicyclic) bond motifs is 1. The van der Waals surface area contributed by atoms with Crippen LogP contribution in [-0.4, -0.2) is 17.6 Å². The lowest BCUT2D eigenvalue weighted by Gasteiger charge is -2.21. The van der Waals surface area contributed by atoms with Gasteiger partial charge in [0.25, 0.3) is 0 Å². The van der Waals surface area contributed by atoms with Gasteiger partial charge in [-0.3, -0.25) is 4.79 Å². The average molecular weight is 430 g/mol. The zero-order valence-electron chi connectivity index (χ0n) is 17.4. The van der Waals surface area contributed by atoms with Gasteiger partial charge in [0, 0.05) is 12.1 Å². The Labute approximate surface area is 177 Å². The summed E-state index contributed by atoms with van der Waals surface area (Å²) in [7, 11) is 1.48. The van der Waals surface area contributed by atoms with Crippen LogP contribution in [0.5, 0.6) is 5.75 Å². The Balaban J connectivity index is 1.60. The van der Waals surface area contributed by atoms with Crippen LogP contribution >= 0.6 is 0 Å². The molecule has 1 heterocycles. The third kappa shape index (κ3) is 4.04. The van der Waals surface area contributed by atoms with Crippen LogP contribution < -0.4 is 9.46 Å². The number of halogens is 1. The quantitative estimate of drug-likeness (QED) is 0.565. The van der Waals surface area contributed by atoms with E-state index in [2.05, 4.69) is 4.72 Å². The number of hydrogen-bond donors (Lipinski definition) is 1. The minimum Gasteiger partial charge on any atom is -0.588 e. The standard InChI is InChI=1S/C23H24FNO4S/c1-23(2,3)15-7-8-18(28-4)21(11-15)30(27)25-22(26)20-12-16-17(24)9-14(13-5-6-13)10-19(16)29-20/h7-13H,5-6H2,1-4H3,(H,25,26). The Hall–Kier alpha value is -2.51. The van der Waals surface area contributed by atoms with Crippen LogP contribution in [0.3, 0.4) is 0 Å². The predicted molar refractivity (Wildman–Crippen MR) is 114 cm³/mol. The van der Waals surface area contributed by atoms with Crippen LogP contribution in [0, 0.1) is 5.82 Å². The smallest absolute Gasteiger partial charge is 0.328 e. The highest BCUT2D eigenvalue weighted by atomic mass is 32.2. The fourth-order valence-corrected chi connectivity index (χ4v) is 4.30. The third-order valence-electron chi connectivity index (χ3n) is 5.30. The number of furan rings is 1. The number of methoxy groups -OCH3 is 1. The van der Waals surface area contributed by atoms with Gasteiger partial charge in [0.2, 0.25) is 4.90 Å². The lowest BCUT2D eigenvalue weighted by atomic mass is 9.87. The lowest BCUT2D eigenvalue weighted by molar-refractivity contribution is 0.0956. The number of carbonyl (C=O) groups is 1. The molecule has 2 aromatic carbocycles. The minimum atomic E-state index is -1.88. The molecule has 0 radical (unpaired) electrons. The molecule has 1 aromatic heterocycles. The Kier molecular flexibility index (Phi) is 5.28. The van der Waals surface area contributed by atoms with Gasteiger partial charge in [-0.2, -0.15) is 4.72 Å². The number of rotatable bonds is 5. The maximum absolute atomic E-state index is 14.4. The molecule has 1 aliphatic carbocycles. The minimum absolute atomic E-state index is 0.0869. The van der Waals surface area contributed by atoms with E-state index in [4.69, 9.17) is 9.15 Å². The normalized spacial score (nSPS) is 15.3. The molecule has 5 nitrogen and oxygen atoms in total. The number of hydrogen-bond acceptors (Lipinski definition) is 4. The van der Waals surface area contributed by atoms with E-state index in [9.17, 15) is 13.7 Å². The maximum atomic E-state index is 14.4. The van der Waals surface area contributed by atoms with E-state index in [0.717, 1.165) is 24.0 Å². The average Bonchev–Trinajstić information content (AvgIpc) is 3.45. The Morgan fingerprint density at radius 2 is 1.97 bits per heavy atom. The summed E-state index contributed by atoms with van der Waals surface area (Å²) in [6.45, 7) is 6.12.